The lowest BCUT2D eigenvalue weighted by atomic mass is 10.5. The van der Waals surface area contributed by atoms with Crippen LogP contribution < -0.4 is 0 Å². The molecule has 0 atom stereocenters. The lowest BCUT2D eigenvalue weighted by Crippen LogP contribution is -2.36. The van der Waals surface area contributed by atoms with E-state index in [1.165, 1.54) is 11.4 Å². The first kappa shape index (κ1) is 16.1. The second-order valence-corrected chi connectivity index (χ2v) is 6.28. The molecule has 1 aromatic rings. The second kappa shape index (κ2) is 6.96. The number of nitrogens with zero attached hydrogens (tertiary/aromatic N) is 1. The third-order valence-electron chi connectivity index (χ3n) is 2.32. The van der Waals surface area contributed by atoms with Crippen molar-refractivity contribution in [2.24, 2.45) is 0 Å². The fourth-order valence-electron chi connectivity index (χ4n) is 1.46. The molecular weight excluding hydrogens is 294 g/mol. The molecule has 2 N–H and O–H groups in total. The Hall–Kier alpha value is -1.00. The number of ether oxygens (including phenoxy) is 1. The molecule has 0 aliphatic carbocycles. The van der Waals surface area contributed by atoms with Crippen molar-refractivity contribution in [3.8, 4) is 0 Å². The maximum atomic E-state index is 12.3. The van der Waals surface area contributed by atoms with Crippen molar-refractivity contribution < 1.29 is 28.2 Å². The quantitative estimate of drug-likeness (QED) is 0.659. The zero-order chi connectivity index (χ0) is 14.5. The van der Waals surface area contributed by atoms with Gasteiger partial charge in [-0.15, -0.1) is 11.3 Å². The summed E-state index contributed by atoms with van der Waals surface area (Å²) < 4.78 is 30.1. The summed E-state index contributed by atoms with van der Waals surface area (Å²) in [7, 11) is -2.78. The monoisotopic (exact) mass is 309 g/mol. The zero-order valence-corrected chi connectivity index (χ0v) is 11.9. The number of methoxy groups -OCH3 is 1. The van der Waals surface area contributed by atoms with Crippen LogP contribution in [0.2, 0.25) is 0 Å². The van der Waals surface area contributed by atoms with Gasteiger partial charge in [-0.1, -0.05) is 0 Å². The zero-order valence-electron chi connectivity index (χ0n) is 10.3. The molecule has 19 heavy (non-hydrogen) atoms. The average molecular weight is 309 g/mol. The van der Waals surface area contributed by atoms with Gasteiger partial charge in [0.05, 0.1) is 20.3 Å². The van der Waals surface area contributed by atoms with Crippen LogP contribution in [0.1, 0.15) is 9.67 Å². The molecule has 0 aliphatic heterocycles. The van der Waals surface area contributed by atoms with Gasteiger partial charge in [-0.25, -0.2) is 13.2 Å². The van der Waals surface area contributed by atoms with Crippen LogP contribution in [0.5, 0.6) is 0 Å². The summed E-state index contributed by atoms with van der Waals surface area (Å²) in [6.45, 7) is -1.06. The third-order valence-corrected chi connectivity index (χ3v) is 5.28. The van der Waals surface area contributed by atoms with Gasteiger partial charge in [0.25, 0.3) is 0 Å². The number of carbonyl (C=O) groups excluding carboxylic acids is 1. The number of sulfonamides is 1. The van der Waals surface area contributed by atoms with Crippen molar-refractivity contribution >= 4 is 27.3 Å². The molecule has 0 fully saturated rings. The van der Waals surface area contributed by atoms with Gasteiger partial charge in [-0.2, -0.15) is 4.31 Å². The minimum Gasteiger partial charge on any atom is -0.465 e. The minimum absolute atomic E-state index is 0.0246. The molecular formula is C10H15NO6S2. The number of rotatable bonds is 7. The average Bonchev–Trinajstić information content (AvgIpc) is 2.87. The smallest absolute Gasteiger partial charge is 0.349 e. The Kier molecular flexibility index (Phi) is 5.88. The van der Waals surface area contributed by atoms with Crippen molar-refractivity contribution in [1.82, 2.24) is 4.31 Å². The summed E-state index contributed by atoms with van der Waals surface area (Å²) in [5.74, 6) is -0.735. The predicted molar refractivity (Wildman–Crippen MR) is 68.6 cm³/mol. The van der Waals surface area contributed by atoms with Gasteiger partial charge in [-0.3, -0.25) is 0 Å². The highest BCUT2D eigenvalue weighted by Crippen LogP contribution is 2.25. The highest BCUT2D eigenvalue weighted by Gasteiger charge is 2.29. The molecule has 108 valence electrons. The number of thiophene rings is 1. The van der Waals surface area contributed by atoms with Crippen LogP contribution in [0.3, 0.4) is 0 Å². The van der Waals surface area contributed by atoms with Gasteiger partial charge >= 0.3 is 5.97 Å². The van der Waals surface area contributed by atoms with Crippen LogP contribution in [0.15, 0.2) is 16.3 Å². The number of hydrogen-bond acceptors (Lipinski definition) is 7. The van der Waals surface area contributed by atoms with Crippen LogP contribution in [-0.2, 0) is 14.8 Å². The van der Waals surface area contributed by atoms with Crippen molar-refractivity contribution in [1.29, 1.82) is 0 Å². The lowest BCUT2D eigenvalue weighted by molar-refractivity contribution is 0.0602. The molecule has 0 amide bonds. The Morgan fingerprint density at radius 1 is 1.37 bits per heavy atom. The third kappa shape index (κ3) is 3.51. The van der Waals surface area contributed by atoms with E-state index >= 15 is 0 Å². The number of aliphatic hydroxyl groups is 2. The fraction of sp³-hybridized carbons (Fsp3) is 0.500. The molecule has 7 nitrogen and oxygen atoms in total. The Labute approximate surface area is 115 Å². The van der Waals surface area contributed by atoms with Crippen molar-refractivity contribution in [3.63, 3.8) is 0 Å². The Balaban J connectivity index is 3.18. The summed E-state index contributed by atoms with van der Waals surface area (Å²) in [5.41, 5.74) is 0. The highest BCUT2D eigenvalue weighted by atomic mass is 32.2. The first-order valence-electron chi connectivity index (χ1n) is 5.36. The molecule has 9 heteroatoms. The van der Waals surface area contributed by atoms with E-state index in [-0.39, 0.29) is 36.1 Å². The number of esters is 1. The molecule has 1 rings (SSSR count). The molecule has 0 saturated carbocycles. The highest BCUT2D eigenvalue weighted by molar-refractivity contribution is 7.89. The van der Waals surface area contributed by atoms with Crippen LogP contribution in [0, 0.1) is 0 Å². The topological polar surface area (TPSA) is 104 Å². The van der Waals surface area contributed by atoms with Gasteiger partial charge in [0.15, 0.2) is 0 Å². The van der Waals surface area contributed by atoms with Crippen LogP contribution in [0.25, 0.3) is 0 Å². The Morgan fingerprint density at radius 2 is 1.95 bits per heavy atom. The number of hydrogen-bond donors (Lipinski definition) is 2. The predicted octanol–water partition coefficient (Wildman–Crippen LogP) is -0.490. The molecule has 0 spiro atoms. The van der Waals surface area contributed by atoms with E-state index in [1.807, 2.05) is 0 Å². The Morgan fingerprint density at radius 3 is 2.42 bits per heavy atom. The first-order valence-corrected chi connectivity index (χ1v) is 7.68. The van der Waals surface area contributed by atoms with Gasteiger partial charge in [0.2, 0.25) is 10.0 Å². The molecule has 0 aliphatic rings. The summed E-state index contributed by atoms with van der Waals surface area (Å²) >= 11 is 0.957. The lowest BCUT2D eigenvalue weighted by Gasteiger charge is -2.20. The molecule has 1 aromatic heterocycles. The minimum atomic E-state index is -3.94. The van der Waals surface area contributed by atoms with Crippen LogP contribution in [-0.4, -0.2) is 62.3 Å². The number of aliphatic hydroxyl groups excluding tert-OH is 2. The molecule has 0 bridgehead atoms. The molecule has 1 heterocycles. The molecule has 0 unspecified atom stereocenters. The van der Waals surface area contributed by atoms with Crippen molar-refractivity contribution in [2.75, 3.05) is 33.4 Å². The maximum absolute atomic E-state index is 12.3. The summed E-state index contributed by atoms with van der Waals surface area (Å²) in [6, 6.07) is 1.30. The van der Waals surface area contributed by atoms with Crippen molar-refractivity contribution in [2.45, 2.75) is 4.90 Å². The van der Waals surface area contributed by atoms with Gasteiger partial charge in [0, 0.05) is 13.1 Å². The summed E-state index contributed by atoms with van der Waals surface area (Å²) in [6.07, 6.45) is 0. The maximum Gasteiger partial charge on any atom is 0.349 e. The van der Waals surface area contributed by atoms with E-state index in [9.17, 15) is 13.2 Å². The van der Waals surface area contributed by atoms with Gasteiger partial charge < -0.3 is 14.9 Å². The first-order chi connectivity index (χ1) is 8.98. The molecule has 0 saturated heterocycles. The van der Waals surface area contributed by atoms with E-state index in [2.05, 4.69) is 4.74 Å². The largest absolute Gasteiger partial charge is 0.465 e. The molecule has 0 radical (unpaired) electrons. The van der Waals surface area contributed by atoms with Gasteiger partial charge in [0.1, 0.15) is 9.77 Å². The SMILES string of the molecule is COC(=O)c1sccc1S(=O)(=O)N(CCO)CCO. The van der Waals surface area contributed by atoms with Crippen molar-refractivity contribution in [3.05, 3.63) is 16.3 Å². The molecule has 0 aromatic carbocycles. The van der Waals surface area contributed by atoms with Crippen LogP contribution in [0.4, 0.5) is 0 Å². The number of carbonyl (C=O) groups is 1. The summed E-state index contributed by atoms with van der Waals surface area (Å²) in [4.78, 5) is 11.3. The Bertz CT molecular complexity index is 518. The van der Waals surface area contributed by atoms with E-state index in [1.54, 1.807) is 0 Å². The van der Waals surface area contributed by atoms with E-state index in [0.29, 0.717) is 0 Å². The standard InChI is InChI=1S/C10H15NO6S2/c1-17-10(14)9-8(2-7-18-9)19(15,16)11(3-5-12)4-6-13/h2,7,12-13H,3-6H2,1H3. The summed E-state index contributed by atoms with van der Waals surface area (Å²) in [5, 5.41) is 19.2. The van der Waals surface area contributed by atoms with E-state index < -0.39 is 16.0 Å². The van der Waals surface area contributed by atoms with E-state index in [4.69, 9.17) is 10.2 Å². The van der Waals surface area contributed by atoms with E-state index in [0.717, 1.165) is 22.8 Å². The van der Waals surface area contributed by atoms with Crippen LogP contribution >= 0.6 is 11.3 Å². The normalized spacial score (nSPS) is 11.8. The fourth-order valence-corrected chi connectivity index (χ4v) is 4.19. The second-order valence-electron chi connectivity index (χ2n) is 3.46. The van der Waals surface area contributed by atoms with Gasteiger partial charge in [-0.05, 0) is 11.4 Å².